The second-order valence-electron chi connectivity index (χ2n) is 8.43. The minimum atomic E-state index is -3.90. The van der Waals surface area contributed by atoms with Crippen LogP contribution in [0, 0.1) is 6.92 Å². The van der Waals surface area contributed by atoms with Gasteiger partial charge in [-0.25, -0.2) is 8.42 Å². The number of ether oxygens (including phenoxy) is 5. The average Bonchev–Trinajstić information content (AvgIpc) is 2.90. The van der Waals surface area contributed by atoms with E-state index in [4.69, 9.17) is 23.7 Å². The van der Waals surface area contributed by atoms with E-state index >= 15 is 0 Å². The topological polar surface area (TPSA) is 83.5 Å². The van der Waals surface area contributed by atoms with Gasteiger partial charge in [0, 0.05) is 18.7 Å². The predicted molar refractivity (Wildman–Crippen MR) is 136 cm³/mol. The van der Waals surface area contributed by atoms with E-state index in [2.05, 4.69) is 0 Å². The monoisotopic (exact) mass is 513 g/mol. The van der Waals surface area contributed by atoms with Gasteiger partial charge in [0.1, 0.15) is 17.2 Å². The SMILES string of the molecule is COc1cc(OC)c(C2c3cc(OC)c(OC)cc3CCN2S(=O)(=O)c2ccc(C)cc2)c(OC)c1. The van der Waals surface area contributed by atoms with Gasteiger partial charge in [0.2, 0.25) is 10.0 Å². The molecular weight excluding hydrogens is 482 g/mol. The van der Waals surface area contributed by atoms with Crippen molar-refractivity contribution in [1.29, 1.82) is 0 Å². The second kappa shape index (κ2) is 10.3. The number of sulfonamides is 1. The molecule has 9 heteroatoms. The summed E-state index contributed by atoms with van der Waals surface area (Å²) >= 11 is 0. The van der Waals surface area contributed by atoms with Crippen LogP contribution in [0.2, 0.25) is 0 Å². The number of hydrogen-bond donors (Lipinski definition) is 0. The van der Waals surface area contributed by atoms with Gasteiger partial charge in [-0.05, 0) is 48.7 Å². The third kappa shape index (κ3) is 4.44. The molecule has 1 aliphatic rings. The van der Waals surface area contributed by atoms with Crippen LogP contribution in [0.3, 0.4) is 0 Å². The molecule has 0 fully saturated rings. The molecule has 0 bridgehead atoms. The lowest BCUT2D eigenvalue weighted by molar-refractivity contribution is 0.309. The van der Waals surface area contributed by atoms with Crippen molar-refractivity contribution in [3.8, 4) is 28.7 Å². The molecule has 0 N–H and O–H groups in total. The summed E-state index contributed by atoms with van der Waals surface area (Å²) in [5.41, 5.74) is 3.26. The fourth-order valence-electron chi connectivity index (χ4n) is 4.63. The van der Waals surface area contributed by atoms with E-state index in [-0.39, 0.29) is 11.4 Å². The molecule has 1 unspecified atom stereocenters. The van der Waals surface area contributed by atoms with Crippen molar-refractivity contribution in [3.05, 3.63) is 70.8 Å². The lowest BCUT2D eigenvalue weighted by atomic mass is 9.88. The number of methoxy groups -OCH3 is 5. The minimum Gasteiger partial charge on any atom is -0.496 e. The van der Waals surface area contributed by atoms with E-state index in [1.54, 1.807) is 57.7 Å². The van der Waals surface area contributed by atoms with Crippen molar-refractivity contribution >= 4 is 10.0 Å². The molecule has 1 atom stereocenters. The lowest BCUT2D eigenvalue weighted by Gasteiger charge is -2.38. The maximum Gasteiger partial charge on any atom is 0.243 e. The smallest absolute Gasteiger partial charge is 0.243 e. The summed E-state index contributed by atoms with van der Waals surface area (Å²) in [7, 11) is 3.85. The molecule has 0 spiro atoms. The van der Waals surface area contributed by atoms with Crippen LogP contribution in [0.5, 0.6) is 28.7 Å². The van der Waals surface area contributed by atoms with Gasteiger partial charge >= 0.3 is 0 Å². The number of rotatable bonds is 8. The molecule has 1 aliphatic heterocycles. The van der Waals surface area contributed by atoms with Crippen molar-refractivity contribution in [1.82, 2.24) is 4.31 Å². The molecule has 3 aromatic carbocycles. The van der Waals surface area contributed by atoms with E-state index < -0.39 is 16.1 Å². The van der Waals surface area contributed by atoms with Crippen molar-refractivity contribution in [2.24, 2.45) is 0 Å². The summed E-state index contributed by atoms with van der Waals surface area (Å²) in [4.78, 5) is 0.216. The molecule has 0 aromatic heterocycles. The van der Waals surface area contributed by atoms with Crippen LogP contribution in [0.4, 0.5) is 0 Å². The zero-order chi connectivity index (χ0) is 26.0. The molecule has 1 heterocycles. The molecule has 0 saturated carbocycles. The second-order valence-corrected chi connectivity index (χ2v) is 10.3. The largest absolute Gasteiger partial charge is 0.496 e. The number of hydrogen-bond acceptors (Lipinski definition) is 7. The summed E-state index contributed by atoms with van der Waals surface area (Å²) in [5.74, 6) is 2.51. The van der Waals surface area contributed by atoms with Crippen molar-refractivity contribution < 1.29 is 32.1 Å². The molecule has 192 valence electrons. The molecule has 0 radical (unpaired) electrons. The van der Waals surface area contributed by atoms with E-state index in [1.807, 2.05) is 19.1 Å². The summed E-state index contributed by atoms with van der Waals surface area (Å²) in [6.07, 6.45) is 0.498. The van der Waals surface area contributed by atoms with Gasteiger partial charge in [-0.2, -0.15) is 4.31 Å². The molecular formula is C27H31NO7S. The van der Waals surface area contributed by atoms with E-state index in [0.29, 0.717) is 40.7 Å². The first-order valence-electron chi connectivity index (χ1n) is 11.4. The quantitative estimate of drug-likeness (QED) is 0.442. The van der Waals surface area contributed by atoms with Gasteiger partial charge in [-0.15, -0.1) is 0 Å². The molecule has 4 rings (SSSR count). The first kappa shape index (κ1) is 25.7. The Labute approximate surface area is 212 Å². The van der Waals surface area contributed by atoms with Gasteiger partial charge in [0.25, 0.3) is 0 Å². The Bertz CT molecular complexity index is 1330. The third-order valence-corrected chi connectivity index (χ3v) is 8.36. The lowest BCUT2D eigenvalue weighted by Crippen LogP contribution is -2.41. The Kier molecular flexibility index (Phi) is 7.33. The predicted octanol–water partition coefficient (Wildman–Crippen LogP) is 4.37. The van der Waals surface area contributed by atoms with Crippen molar-refractivity contribution in [2.75, 3.05) is 42.1 Å². The summed E-state index contributed by atoms with van der Waals surface area (Å²) in [5, 5.41) is 0. The van der Waals surface area contributed by atoms with Crippen LogP contribution < -0.4 is 23.7 Å². The third-order valence-electron chi connectivity index (χ3n) is 6.48. The van der Waals surface area contributed by atoms with Gasteiger partial charge in [-0.1, -0.05) is 17.7 Å². The fourth-order valence-corrected chi connectivity index (χ4v) is 6.21. The highest BCUT2D eigenvalue weighted by Gasteiger charge is 2.41. The van der Waals surface area contributed by atoms with Crippen molar-refractivity contribution in [3.63, 3.8) is 0 Å². The van der Waals surface area contributed by atoms with Crippen LogP contribution >= 0.6 is 0 Å². The van der Waals surface area contributed by atoms with E-state index in [9.17, 15) is 8.42 Å². The zero-order valence-electron chi connectivity index (χ0n) is 21.3. The van der Waals surface area contributed by atoms with Crippen LogP contribution in [-0.4, -0.2) is 54.8 Å². The van der Waals surface area contributed by atoms with Crippen LogP contribution in [0.25, 0.3) is 0 Å². The number of nitrogens with zero attached hydrogens (tertiary/aromatic N) is 1. The Morgan fingerprint density at radius 1 is 0.750 bits per heavy atom. The maximum atomic E-state index is 14.1. The summed E-state index contributed by atoms with van der Waals surface area (Å²) in [6, 6.07) is 13.3. The van der Waals surface area contributed by atoms with Crippen LogP contribution in [0.1, 0.15) is 28.3 Å². The molecule has 36 heavy (non-hydrogen) atoms. The first-order chi connectivity index (χ1) is 17.3. The Hall–Kier alpha value is -3.43. The standard InChI is InChI=1S/C27H31NO7S/c1-17-7-9-20(10-8-17)36(29,30)28-12-11-18-13-22(32-3)23(33-4)16-21(18)27(28)26-24(34-5)14-19(31-2)15-25(26)35-6/h7-10,13-16,27H,11-12H2,1-6H3. The first-order valence-corrected chi connectivity index (χ1v) is 12.9. The Balaban J connectivity index is 2.02. The Morgan fingerprint density at radius 2 is 1.31 bits per heavy atom. The van der Waals surface area contributed by atoms with Gasteiger partial charge in [0.05, 0.1) is 52.0 Å². The minimum absolute atomic E-state index is 0.216. The summed E-state index contributed by atoms with van der Waals surface area (Å²) < 4.78 is 57.6. The van der Waals surface area contributed by atoms with E-state index in [1.165, 1.54) is 18.5 Å². The molecule has 0 amide bonds. The maximum absolute atomic E-state index is 14.1. The molecule has 0 aliphatic carbocycles. The highest BCUT2D eigenvalue weighted by molar-refractivity contribution is 7.89. The molecule has 0 saturated heterocycles. The highest BCUT2D eigenvalue weighted by Crippen LogP contribution is 2.49. The number of benzene rings is 3. The zero-order valence-corrected chi connectivity index (χ0v) is 22.1. The molecule has 3 aromatic rings. The van der Waals surface area contributed by atoms with Gasteiger partial charge in [-0.3, -0.25) is 0 Å². The van der Waals surface area contributed by atoms with Crippen molar-refractivity contribution in [2.45, 2.75) is 24.3 Å². The van der Waals surface area contributed by atoms with E-state index in [0.717, 1.165) is 16.7 Å². The Morgan fingerprint density at radius 3 is 1.83 bits per heavy atom. The summed E-state index contributed by atoms with van der Waals surface area (Å²) in [6.45, 7) is 2.17. The molecule has 8 nitrogen and oxygen atoms in total. The number of fused-ring (bicyclic) bond motifs is 1. The number of aryl methyl sites for hydroxylation is 1. The van der Waals surface area contributed by atoms with Gasteiger partial charge in [0.15, 0.2) is 11.5 Å². The normalized spacial score (nSPS) is 15.7. The fraction of sp³-hybridized carbons (Fsp3) is 0.333. The van der Waals surface area contributed by atoms with Crippen LogP contribution in [-0.2, 0) is 16.4 Å². The van der Waals surface area contributed by atoms with Gasteiger partial charge < -0.3 is 23.7 Å². The average molecular weight is 514 g/mol. The highest BCUT2D eigenvalue weighted by atomic mass is 32.2. The van der Waals surface area contributed by atoms with Crippen LogP contribution in [0.15, 0.2) is 53.4 Å².